The summed E-state index contributed by atoms with van der Waals surface area (Å²) in [6.45, 7) is 2.51. The normalized spacial score (nSPS) is 21.2. The number of H-pyrrole nitrogens is 1. The van der Waals surface area contributed by atoms with Gasteiger partial charge in [-0.05, 0) is 54.3 Å². The zero-order valence-corrected chi connectivity index (χ0v) is 15.3. The van der Waals surface area contributed by atoms with Crippen LogP contribution in [0, 0.1) is 5.92 Å². The SMILES string of the molecule is COc1ccc(-c2ccc(C(=O)N3CC[C@H]4CNC[C@H]43)c(=O)[nH]2)cc1.Cl. The minimum absolute atomic E-state index is 0. The van der Waals surface area contributed by atoms with Crippen LogP contribution in [0.2, 0.25) is 0 Å². The van der Waals surface area contributed by atoms with E-state index in [9.17, 15) is 9.59 Å². The number of amides is 1. The summed E-state index contributed by atoms with van der Waals surface area (Å²) in [6.07, 6.45) is 1.01. The molecule has 7 heteroatoms. The molecular formula is C19H22ClN3O3. The lowest BCUT2D eigenvalue weighted by molar-refractivity contribution is 0.0735. The fraction of sp³-hybridized carbons (Fsp3) is 0.368. The van der Waals surface area contributed by atoms with E-state index in [1.807, 2.05) is 29.2 Å². The molecule has 1 aromatic heterocycles. The van der Waals surface area contributed by atoms with Crippen LogP contribution >= 0.6 is 12.4 Å². The van der Waals surface area contributed by atoms with Crippen LogP contribution < -0.4 is 15.6 Å². The van der Waals surface area contributed by atoms with Crippen LogP contribution in [0.4, 0.5) is 0 Å². The van der Waals surface area contributed by atoms with Gasteiger partial charge in [0.1, 0.15) is 11.3 Å². The van der Waals surface area contributed by atoms with E-state index >= 15 is 0 Å². The summed E-state index contributed by atoms with van der Waals surface area (Å²) in [5, 5.41) is 3.33. The second kappa shape index (κ2) is 7.51. The molecule has 0 saturated carbocycles. The van der Waals surface area contributed by atoms with Crippen molar-refractivity contribution in [3.8, 4) is 17.0 Å². The lowest BCUT2D eigenvalue weighted by Crippen LogP contribution is -2.41. The number of halogens is 1. The molecule has 2 N–H and O–H groups in total. The van der Waals surface area contributed by atoms with Crippen molar-refractivity contribution < 1.29 is 9.53 Å². The first-order valence-corrected chi connectivity index (χ1v) is 8.57. The van der Waals surface area contributed by atoms with Crippen LogP contribution in [-0.4, -0.2) is 48.6 Å². The average molecular weight is 376 g/mol. The van der Waals surface area contributed by atoms with Crippen molar-refractivity contribution in [3.05, 3.63) is 52.3 Å². The molecule has 4 rings (SSSR count). The number of hydrogen-bond donors (Lipinski definition) is 2. The van der Waals surface area contributed by atoms with Gasteiger partial charge in [0.25, 0.3) is 11.5 Å². The third-order valence-corrected chi connectivity index (χ3v) is 5.25. The number of aromatic nitrogens is 1. The van der Waals surface area contributed by atoms with Gasteiger partial charge in [0.2, 0.25) is 0 Å². The molecule has 2 aliphatic heterocycles. The number of hydrogen-bond acceptors (Lipinski definition) is 4. The Hall–Kier alpha value is -2.31. The molecule has 2 saturated heterocycles. The average Bonchev–Trinajstić information content (AvgIpc) is 3.25. The third kappa shape index (κ3) is 3.22. The lowest BCUT2D eigenvalue weighted by atomic mass is 10.0. The first-order valence-electron chi connectivity index (χ1n) is 8.57. The van der Waals surface area contributed by atoms with Crippen LogP contribution in [0.1, 0.15) is 16.8 Å². The van der Waals surface area contributed by atoms with Gasteiger partial charge >= 0.3 is 0 Å². The number of carbonyl (C=O) groups is 1. The fourth-order valence-corrected chi connectivity index (χ4v) is 3.84. The van der Waals surface area contributed by atoms with Crippen molar-refractivity contribution in [2.45, 2.75) is 12.5 Å². The van der Waals surface area contributed by atoms with Crippen molar-refractivity contribution in [1.82, 2.24) is 15.2 Å². The number of fused-ring (bicyclic) bond motifs is 1. The number of carbonyl (C=O) groups excluding carboxylic acids is 1. The molecule has 2 aromatic rings. The van der Waals surface area contributed by atoms with Gasteiger partial charge in [0.15, 0.2) is 0 Å². The molecule has 6 nitrogen and oxygen atoms in total. The standard InChI is InChI=1S/C19H21N3O3.ClH/c1-25-14-4-2-12(3-5-14)16-7-6-15(18(23)21-16)19(24)22-9-8-13-10-20-11-17(13)22;/h2-7,13,17,20H,8-11H2,1H3,(H,21,23);1H/t13-,17+;/m0./s1. The van der Waals surface area contributed by atoms with Crippen molar-refractivity contribution >= 4 is 18.3 Å². The molecule has 26 heavy (non-hydrogen) atoms. The van der Waals surface area contributed by atoms with Gasteiger partial charge in [0.05, 0.1) is 7.11 Å². The second-order valence-electron chi connectivity index (χ2n) is 6.62. The summed E-state index contributed by atoms with van der Waals surface area (Å²) in [5.74, 6) is 1.10. The third-order valence-electron chi connectivity index (χ3n) is 5.25. The predicted molar refractivity (Wildman–Crippen MR) is 102 cm³/mol. The van der Waals surface area contributed by atoms with E-state index in [1.165, 1.54) is 0 Å². The number of ether oxygens (including phenoxy) is 1. The molecule has 1 amide bonds. The van der Waals surface area contributed by atoms with Crippen LogP contribution in [-0.2, 0) is 0 Å². The molecule has 2 fully saturated rings. The molecule has 2 aliphatic rings. The number of pyridine rings is 1. The van der Waals surface area contributed by atoms with Crippen LogP contribution in [0.5, 0.6) is 5.75 Å². The number of methoxy groups -OCH3 is 1. The summed E-state index contributed by atoms with van der Waals surface area (Å²) < 4.78 is 5.14. The highest BCUT2D eigenvalue weighted by Crippen LogP contribution is 2.28. The van der Waals surface area contributed by atoms with Crippen LogP contribution in [0.25, 0.3) is 11.3 Å². The largest absolute Gasteiger partial charge is 0.497 e. The quantitative estimate of drug-likeness (QED) is 0.859. The number of rotatable bonds is 3. The van der Waals surface area contributed by atoms with Crippen molar-refractivity contribution in [2.24, 2.45) is 5.92 Å². The Morgan fingerprint density at radius 2 is 1.92 bits per heavy atom. The number of benzene rings is 1. The summed E-state index contributed by atoms with van der Waals surface area (Å²) in [4.78, 5) is 30.0. The zero-order valence-electron chi connectivity index (χ0n) is 14.5. The highest BCUT2D eigenvalue weighted by molar-refractivity contribution is 5.94. The first-order chi connectivity index (χ1) is 12.2. The van der Waals surface area contributed by atoms with Crippen molar-refractivity contribution in [1.29, 1.82) is 0 Å². The highest BCUT2D eigenvalue weighted by atomic mass is 35.5. The van der Waals surface area contributed by atoms with E-state index in [4.69, 9.17) is 4.74 Å². The Morgan fingerprint density at radius 1 is 1.15 bits per heavy atom. The Balaban J connectivity index is 0.00000196. The Kier molecular flexibility index (Phi) is 5.34. The maximum Gasteiger partial charge on any atom is 0.261 e. The maximum absolute atomic E-state index is 12.8. The summed E-state index contributed by atoms with van der Waals surface area (Å²) >= 11 is 0. The van der Waals surface area contributed by atoms with E-state index in [-0.39, 0.29) is 35.5 Å². The second-order valence-corrected chi connectivity index (χ2v) is 6.62. The summed E-state index contributed by atoms with van der Waals surface area (Å²) in [7, 11) is 1.61. The molecule has 1 aromatic carbocycles. The van der Waals surface area contributed by atoms with Gasteiger partial charge in [-0.25, -0.2) is 0 Å². The first kappa shape index (κ1) is 18.5. The Bertz CT molecular complexity index is 850. The molecule has 0 radical (unpaired) electrons. The molecule has 138 valence electrons. The molecular weight excluding hydrogens is 354 g/mol. The molecule has 0 aliphatic carbocycles. The minimum Gasteiger partial charge on any atom is -0.497 e. The molecule has 0 bridgehead atoms. The smallest absolute Gasteiger partial charge is 0.261 e. The molecule has 2 atom stereocenters. The number of nitrogens with one attached hydrogen (secondary N) is 2. The Morgan fingerprint density at radius 3 is 2.62 bits per heavy atom. The van der Waals surface area contributed by atoms with Gasteiger partial charge in [0, 0.05) is 31.4 Å². The zero-order chi connectivity index (χ0) is 17.4. The topological polar surface area (TPSA) is 74.4 Å². The fourth-order valence-electron chi connectivity index (χ4n) is 3.84. The molecule has 3 heterocycles. The number of likely N-dealkylation sites (tertiary alicyclic amines) is 1. The van der Waals surface area contributed by atoms with E-state index in [0.29, 0.717) is 11.6 Å². The summed E-state index contributed by atoms with van der Waals surface area (Å²) in [6, 6.07) is 11.1. The van der Waals surface area contributed by atoms with Gasteiger partial charge in [-0.2, -0.15) is 0 Å². The number of nitrogens with zero attached hydrogens (tertiary/aromatic N) is 1. The maximum atomic E-state index is 12.8. The van der Waals surface area contributed by atoms with Crippen LogP contribution in [0.3, 0.4) is 0 Å². The van der Waals surface area contributed by atoms with E-state index in [0.717, 1.165) is 37.4 Å². The van der Waals surface area contributed by atoms with Gasteiger partial charge < -0.3 is 19.9 Å². The highest BCUT2D eigenvalue weighted by Gasteiger charge is 2.40. The Labute approximate surface area is 158 Å². The van der Waals surface area contributed by atoms with E-state index in [2.05, 4.69) is 10.3 Å². The van der Waals surface area contributed by atoms with Gasteiger partial charge in [-0.3, -0.25) is 9.59 Å². The van der Waals surface area contributed by atoms with Crippen molar-refractivity contribution in [3.63, 3.8) is 0 Å². The van der Waals surface area contributed by atoms with Crippen molar-refractivity contribution in [2.75, 3.05) is 26.7 Å². The monoisotopic (exact) mass is 375 g/mol. The summed E-state index contributed by atoms with van der Waals surface area (Å²) in [5.41, 5.74) is 1.43. The van der Waals surface area contributed by atoms with E-state index in [1.54, 1.807) is 19.2 Å². The van der Waals surface area contributed by atoms with E-state index < -0.39 is 0 Å². The van der Waals surface area contributed by atoms with Gasteiger partial charge in [-0.15, -0.1) is 12.4 Å². The number of aromatic amines is 1. The van der Waals surface area contributed by atoms with Gasteiger partial charge in [-0.1, -0.05) is 0 Å². The minimum atomic E-state index is -0.340. The predicted octanol–water partition coefficient (Wildman–Crippen LogP) is 1.91. The lowest BCUT2D eigenvalue weighted by Gasteiger charge is -2.23. The molecule has 0 spiro atoms. The van der Waals surface area contributed by atoms with Crippen LogP contribution in [0.15, 0.2) is 41.2 Å². The molecule has 0 unspecified atom stereocenters.